The van der Waals surface area contributed by atoms with Crippen LogP contribution in [0.5, 0.6) is 0 Å². The Kier molecular flexibility index (Phi) is 2.43. The molecule has 1 fully saturated rings. The van der Waals surface area contributed by atoms with Crippen LogP contribution in [-0.4, -0.2) is 18.3 Å². The zero-order chi connectivity index (χ0) is 13.0. The molecule has 1 aromatic carbocycles. The first-order chi connectivity index (χ1) is 8.51. The predicted octanol–water partition coefficient (Wildman–Crippen LogP) is 2.34. The van der Waals surface area contributed by atoms with E-state index < -0.39 is 0 Å². The number of hydrogen-bond acceptors (Lipinski definition) is 2. The van der Waals surface area contributed by atoms with Crippen molar-refractivity contribution in [1.82, 2.24) is 0 Å². The molecule has 1 saturated carbocycles. The van der Waals surface area contributed by atoms with Gasteiger partial charge < -0.3 is 10.8 Å². The maximum Gasteiger partial charge on any atom is 0.0508 e. The molecule has 3 N–H and O–H groups in total. The van der Waals surface area contributed by atoms with Gasteiger partial charge in [-0.15, -0.1) is 0 Å². The standard InChI is InChI=1S/C16H23NO/c1-14(2)7-8-16(9-15(16,10-17)11-18)13-6-4-3-5-12(13)14/h3-6,18H,7-11,17H2,1-2H3. The van der Waals surface area contributed by atoms with Crippen LogP contribution in [0.2, 0.25) is 0 Å². The summed E-state index contributed by atoms with van der Waals surface area (Å²) in [4.78, 5) is 0. The molecule has 2 aliphatic carbocycles. The van der Waals surface area contributed by atoms with Crippen molar-refractivity contribution in [2.24, 2.45) is 11.1 Å². The molecule has 0 bridgehead atoms. The quantitative estimate of drug-likeness (QED) is 0.840. The van der Waals surface area contributed by atoms with Crippen molar-refractivity contribution in [3.63, 3.8) is 0 Å². The normalized spacial score (nSPS) is 36.4. The third-order valence-electron chi connectivity index (χ3n) is 5.57. The average Bonchev–Trinajstić information content (AvgIpc) is 3.05. The first kappa shape index (κ1) is 12.2. The van der Waals surface area contributed by atoms with Gasteiger partial charge in [-0.05, 0) is 35.8 Å². The van der Waals surface area contributed by atoms with Gasteiger partial charge in [-0.2, -0.15) is 0 Å². The number of rotatable bonds is 2. The molecule has 0 radical (unpaired) electrons. The van der Waals surface area contributed by atoms with Crippen molar-refractivity contribution in [1.29, 1.82) is 0 Å². The molecule has 98 valence electrons. The molecule has 2 nitrogen and oxygen atoms in total. The summed E-state index contributed by atoms with van der Waals surface area (Å²) < 4.78 is 0. The van der Waals surface area contributed by atoms with Gasteiger partial charge in [0.05, 0.1) is 6.61 Å². The van der Waals surface area contributed by atoms with Crippen LogP contribution in [0.4, 0.5) is 0 Å². The predicted molar refractivity (Wildman–Crippen MR) is 73.6 cm³/mol. The molecule has 0 aromatic heterocycles. The molecule has 3 rings (SSSR count). The Morgan fingerprint density at radius 1 is 1.17 bits per heavy atom. The van der Waals surface area contributed by atoms with Crippen molar-refractivity contribution in [3.05, 3.63) is 35.4 Å². The molecule has 0 heterocycles. The van der Waals surface area contributed by atoms with Gasteiger partial charge in [-0.1, -0.05) is 38.1 Å². The van der Waals surface area contributed by atoms with Gasteiger partial charge in [0.25, 0.3) is 0 Å². The van der Waals surface area contributed by atoms with Gasteiger partial charge in [-0.25, -0.2) is 0 Å². The minimum Gasteiger partial charge on any atom is -0.396 e. The van der Waals surface area contributed by atoms with E-state index in [0.29, 0.717) is 6.54 Å². The Balaban J connectivity index is 2.13. The van der Waals surface area contributed by atoms with Crippen LogP contribution < -0.4 is 5.73 Å². The third-order valence-corrected chi connectivity index (χ3v) is 5.57. The van der Waals surface area contributed by atoms with E-state index in [4.69, 9.17) is 5.73 Å². The Labute approximate surface area is 109 Å². The number of fused-ring (bicyclic) bond motifs is 2. The second kappa shape index (κ2) is 3.58. The first-order valence-electron chi connectivity index (χ1n) is 6.92. The summed E-state index contributed by atoms with van der Waals surface area (Å²) in [5, 5.41) is 9.75. The lowest BCUT2D eigenvalue weighted by molar-refractivity contribution is 0.184. The summed E-state index contributed by atoms with van der Waals surface area (Å²) in [5.41, 5.74) is 9.20. The zero-order valence-corrected chi connectivity index (χ0v) is 11.4. The fourth-order valence-electron chi connectivity index (χ4n) is 4.09. The van der Waals surface area contributed by atoms with E-state index in [1.54, 1.807) is 0 Å². The van der Waals surface area contributed by atoms with Crippen molar-refractivity contribution >= 4 is 0 Å². The van der Waals surface area contributed by atoms with Crippen LogP contribution in [-0.2, 0) is 10.8 Å². The van der Waals surface area contributed by atoms with Crippen molar-refractivity contribution in [3.8, 4) is 0 Å². The van der Waals surface area contributed by atoms with Crippen molar-refractivity contribution in [2.75, 3.05) is 13.2 Å². The molecule has 2 unspecified atom stereocenters. The van der Waals surface area contributed by atoms with E-state index >= 15 is 0 Å². The highest BCUT2D eigenvalue weighted by Crippen LogP contribution is 2.70. The fourth-order valence-corrected chi connectivity index (χ4v) is 4.09. The molecular weight excluding hydrogens is 222 g/mol. The lowest BCUT2D eigenvalue weighted by Crippen LogP contribution is -2.36. The highest BCUT2D eigenvalue weighted by atomic mass is 16.3. The van der Waals surface area contributed by atoms with Gasteiger partial charge in [0.15, 0.2) is 0 Å². The van der Waals surface area contributed by atoms with E-state index in [9.17, 15) is 5.11 Å². The summed E-state index contributed by atoms with van der Waals surface area (Å²) in [6, 6.07) is 8.76. The average molecular weight is 245 g/mol. The van der Waals surface area contributed by atoms with E-state index in [1.807, 2.05) is 0 Å². The number of aliphatic hydroxyl groups is 1. The van der Waals surface area contributed by atoms with E-state index in [1.165, 1.54) is 17.5 Å². The lowest BCUT2D eigenvalue weighted by Gasteiger charge is -2.39. The van der Waals surface area contributed by atoms with Gasteiger partial charge in [0, 0.05) is 17.4 Å². The van der Waals surface area contributed by atoms with Gasteiger partial charge in [0.1, 0.15) is 0 Å². The molecule has 2 aliphatic rings. The summed E-state index contributed by atoms with van der Waals surface area (Å²) in [7, 11) is 0. The van der Waals surface area contributed by atoms with Crippen LogP contribution >= 0.6 is 0 Å². The van der Waals surface area contributed by atoms with Crippen LogP contribution in [0.25, 0.3) is 0 Å². The van der Waals surface area contributed by atoms with Crippen LogP contribution in [0.15, 0.2) is 24.3 Å². The molecule has 2 atom stereocenters. The second-order valence-electron chi connectivity index (χ2n) is 6.83. The van der Waals surface area contributed by atoms with E-state index in [2.05, 4.69) is 38.1 Å². The molecule has 1 aromatic rings. The molecular formula is C16H23NO. The summed E-state index contributed by atoms with van der Waals surface area (Å²) in [5.74, 6) is 0. The minimum atomic E-state index is -0.0559. The summed E-state index contributed by atoms with van der Waals surface area (Å²) in [6.07, 6.45) is 3.40. The van der Waals surface area contributed by atoms with Gasteiger partial charge in [-0.3, -0.25) is 0 Å². The molecule has 0 aliphatic heterocycles. The summed E-state index contributed by atoms with van der Waals surface area (Å²) in [6.45, 7) is 5.46. The minimum absolute atomic E-state index is 0.0559. The van der Waals surface area contributed by atoms with Crippen molar-refractivity contribution < 1.29 is 5.11 Å². The first-order valence-corrected chi connectivity index (χ1v) is 6.92. The Bertz CT molecular complexity index is 476. The maximum absolute atomic E-state index is 9.75. The fraction of sp³-hybridized carbons (Fsp3) is 0.625. The van der Waals surface area contributed by atoms with Gasteiger partial charge in [0.2, 0.25) is 0 Å². The zero-order valence-electron chi connectivity index (χ0n) is 11.4. The molecule has 2 heteroatoms. The van der Waals surface area contributed by atoms with Crippen LogP contribution in [0, 0.1) is 5.41 Å². The Hall–Kier alpha value is -0.860. The highest BCUT2D eigenvalue weighted by Gasteiger charge is 2.68. The van der Waals surface area contributed by atoms with Crippen LogP contribution in [0.1, 0.15) is 44.2 Å². The molecule has 0 amide bonds. The van der Waals surface area contributed by atoms with Crippen LogP contribution in [0.3, 0.4) is 0 Å². The number of aliphatic hydroxyl groups excluding tert-OH is 1. The van der Waals surface area contributed by atoms with Crippen molar-refractivity contribution in [2.45, 2.75) is 43.9 Å². The largest absolute Gasteiger partial charge is 0.396 e. The monoisotopic (exact) mass is 245 g/mol. The highest BCUT2D eigenvalue weighted by molar-refractivity contribution is 5.49. The Morgan fingerprint density at radius 3 is 2.39 bits per heavy atom. The SMILES string of the molecule is CC1(C)CCC2(CC2(CN)CO)c2ccccc21. The van der Waals surface area contributed by atoms with E-state index in [0.717, 1.165) is 12.8 Å². The lowest BCUT2D eigenvalue weighted by atomic mass is 9.65. The maximum atomic E-state index is 9.75. The number of hydrogen-bond donors (Lipinski definition) is 2. The topological polar surface area (TPSA) is 46.2 Å². The smallest absolute Gasteiger partial charge is 0.0508 e. The molecule has 1 spiro atoms. The van der Waals surface area contributed by atoms with Gasteiger partial charge >= 0.3 is 0 Å². The second-order valence-corrected chi connectivity index (χ2v) is 6.83. The molecule has 0 saturated heterocycles. The summed E-state index contributed by atoms with van der Waals surface area (Å²) >= 11 is 0. The number of benzene rings is 1. The molecule has 18 heavy (non-hydrogen) atoms. The Morgan fingerprint density at radius 2 is 1.83 bits per heavy atom. The number of nitrogens with two attached hydrogens (primary N) is 1. The van der Waals surface area contributed by atoms with E-state index in [-0.39, 0.29) is 22.9 Å². The third kappa shape index (κ3) is 1.31.